The van der Waals surface area contributed by atoms with Crippen LogP contribution in [0.4, 0.5) is 10.1 Å². The third-order valence-electron chi connectivity index (χ3n) is 3.88. The summed E-state index contributed by atoms with van der Waals surface area (Å²) in [6.45, 7) is 6.36. The highest BCUT2D eigenvalue weighted by molar-refractivity contribution is 7.89. The molecule has 0 saturated carbocycles. The second-order valence-corrected chi connectivity index (χ2v) is 7.46. The summed E-state index contributed by atoms with van der Waals surface area (Å²) in [4.78, 5) is 1.85. The highest BCUT2D eigenvalue weighted by Crippen LogP contribution is 2.23. The Labute approximate surface area is 125 Å². The van der Waals surface area contributed by atoms with E-state index in [4.69, 9.17) is 5.73 Å². The minimum absolute atomic E-state index is 0.0715. The van der Waals surface area contributed by atoms with E-state index in [9.17, 15) is 12.8 Å². The Morgan fingerprint density at radius 3 is 2.76 bits per heavy atom. The largest absolute Gasteiger partial charge is 0.398 e. The molecule has 21 heavy (non-hydrogen) atoms. The molecule has 1 aromatic carbocycles. The van der Waals surface area contributed by atoms with Gasteiger partial charge in [-0.25, -0.2) is 17.5 Å². The van der Waals surface area contributed by atoms with E-state index in [1.165, 1.54) is 12.1 Å². The summed E-state index contributed by atoms with van der Waals surface area (Å²) in [5.41, 5.74) is 5.51. The number of sulfonamides is 1. The van der Waals surface area contributed by atoms with E-state index in [0.29, 0.717) is 12.6 Å². The Balaban J connectivity index is 2.03. The van der Waals surface area contributed by atoms with Crippen molar-refractivity contribution in [3.63, 3.8) is 0 Å². The lowest BCUT2D eigenvalue weighted by molar-refractivity contribution is 0.265. The van der Waals surface area contributed by atoms with E-state index in [1.54, 1.807) is 0 Å². The first-order valence-electron chi connectivity index (χ1n) is 7.09. The maximum Gasteiger partial charge on any atom is 0.245 e. The number of nitrogens with two attached hydrogens (primary N) is 1. The van der Waals surface area contributed by atoms with Crippen LogP contribution in [0.25, 0.3) is 0 Å². The minimum Gasteiger partial charge on any atom is -0.398 e. The van der Waals surface area contributed by atoms with E-state index in [2.05, 4.69) is 23.5 Å². The highest BCUT2D eigenvalue weighted by Gasteiger charge is 2.27. The van der Waals surface area contributed by atoms with Crippen LogP contribution in [0.3, 0.4) is 0 Å². The molecule has 7 heteroatoms. The zero-order valence-electron chi connectivity index (χ0n) is 12.3. The molecule has 1 heterocycles. The van der Waals surface area contributed by atoms with Crippen LogP contribution in [0, 0.1) is 11.7 Å². The van der Waals surface area contributed by atoms with Crippen molar-refractivity contribution in [2.24, 2.45) is 5.92 Å². The summed E-state index contributed by atoms with van der Waals surface area (Å²) in [5.74, 6) is -0.576. The standard InChI is InChI=1S/C14H22FN3O2S/c1-10(2)18-7-6-11(9-18)8-17-21(19,20)14-12(15)4-3-5-13(14)16/h3-5,10-11,17H,6-9,16H2,1-2H3. The summed E-state index contributed by atoms with van der Waals surface area (Å²) in [5, 5.41) is 0. The van der Waals surface area contributed by atoms with Crippen molar-refractivity contribution in [3.8, 4) is 0 Å². The van der Waals surface area contributed by atoms with Gasteiger partial charge in [-0.05, 0) is 44.9 Å². The Kier molecular flexibility index (Phi) is 4.85. The second kappa shape index (κ2) is 6.29. The van der Waals surface area contributed by atoms with Gasteiger partial charge in [0.15, 0.2) is 0 Å². The van der Waals surface area contributed by atoms with Crippen LogP contribution < -0.4 is 10.5 Å². The molecule has 1 unspecified atom stereocenters. The van der Waals surface area contributed by atoms with E-state index >= 15 is 0 Å². The maximum absolute atomic E-state index is 13.7. The summed E-state index contributed by atoms with van der Waals surface area (Å²) < 4.78 is 40.6. The fraction of sp³-hybridized carbons (Fsp3) is 0.571. The van der Waals surface area contributed by atoms with Gasteiger partial charge in [0.1, 0.15) is 10.7 Å². The van der Waals surface area contributed by atoms with Crippen molar-refractivity contribution in [3.05, 3.63) is 24.0 Å². The highest BCUT2D eigenvalue weighted by atomic mass is 32.2. The van der Waals surface area contributed by atoms with Crippen molar-refractivity contribution in [1.82, 2.24) is 9.62 Å². The molecule has 1 aliphatic heterocycles. The van der Waals surface area contributed by atoms with Crippen molar-refractivity contribution in [2.45, 2.75) is 31.2 Å². The van der Waals surface area contributed by atoms with Gasteiger partial charge in [0.2, 0.25) is 10.0 Å². The summed E-state index contributed by atoms with van der Waals surface area (Å²) in [7, 11) is -3.92. The van der Waals surface area contributed by atoms with Gasteiger partial charge in [0.05, 0.1) is 5.69 Å². The average molecular weight is 315 g/mol. The Bertz CT molecular complexity index is 584. The molecule has 0 bridgehead atoms. The van der Waals surface area contributed by atoms with Gasteiger partial charge in [-0.1, -0.05) is 6.07 Å². The summed E-state index contributed by atoms with van der Waals surface area (Å²) >= 11 is 0. The van der Waals surface area contributed by atoms with Crippen LogP contribution in [0.1, 0.15) is 20.3 Å². The third kappa shape index (κ3) is 3.72. The minimum atomic E-state index is -3.92. The van der Waals surface area contributed by atoms with Crippen LogP contribution >= 0.6 is 0 Å². The van der Waals surface area contributed by atoms with Crippen LogP contribution in [0.15, 0.2) is 23.1 Å². The molecule has 0 amide bonds. The normalized spacial score (nSPS) is 20.3. The Morgan fingerprint density at radius 1 is 1.48 bits per heavy atom. The van der Waals surface area contributed by atoms with E-state index < -0.39 is 20.7 Å². The van der Waals surface area contributed by atoms with Crippen molar-refractivity contribution < 1.29 is 12.8 Å². The number of halogens is 1. The number of anilines is 1. The molecule has 1 aromatic rings. The molecule has 1 aliphatic rings. The number of likely N-dealkylation sites (tertiary alicyclic amines) is 1. The molecule has 1 fully saturated rings. The van der Waals surface area contributed by atoms with Crippen molar-refractivity contribution >= 4 is 15.7 Å². The lowest BCUT2D eigenvalue weighted by Crippen LogP contribution is -2.33. The predicted molar refractivity (Wildman–Crippen MR) is 80.8 cm³/mol. The first-order valence-corrected chi connectivity index (χ1v) is 8.57. The average Bonchev–Trinajstić information content (AvgIpc) is 2.85. The molecule has 5 nitrogen and oxygen atoms in total. The molecule has 0 aromatic heterocycles. The summed E-state index contributed by atoms with van der Waals surface area (Å²) in [6.07, 6.45) is 0.938. The quantitative estimate of drug-likeness (QED) is 0.806. The molecular weight excluding hydrogens is 293 g/mol. The van der Waals surface area contributed by atoms with E-state index in [-0.39, 0.29) is 11.6 Å². The van der Waals surface area contributed by atoms with Crippen LogP contribution in [0.2, 0.25) is 0 Å². The van der Waals surface area contributed by atoms with Crippen LogP contribution in [-0.4, -0.2) is 39.0 Å². The zero-order chi connectivity index (χ0) is 15.6. The lowest BCUT2D eigenvalue weighted by atomic mass is 10.1. The second-order valence-electron chi connectivity index (χ2n) is 5.75. The molecule has 118 valence electrons. The van der Waals surface area contributed by atoms with Crippen LogP contribution in [-0.2, 0) is 10.0 Å². The SMILES string of the molecule is CC(C)N1CCC(CNS(=O)(=O)c2c(N)cccc2F)C1. The first kappa shape index (κ1) is 16.2. The van der Waals surface area contributed by atoms with Gasteiger partial charge in [-0.3, -0.25) is 0 Å². The predicted octanol–water partition coefficient (Wildman–Crippen LogP) is 1.42. The van der Waals surface area contributed by atoms with Gasteiger partial charge in [-0.2, -0.15) is 0 Å². The summed E-state index contributed by atoms with van der Waals surface area (Å²) in [6, 6.07) is 4.32. The molecule has 0 spiro atoms. The first-order chi connectivity index (χ1) is 9.81. The van der Waals surface area contributed by atoms with Crippen LogP contribution in [0.5, 0.6) is 0 Å². The van der Waals surface area contributed by atoms with Gasteiger partial charge >= 0.3 is 0 Å². The maximum atomic E-state index is 13.7. The Hall–Kier alpha value is -1.18. The number of nitrogen functional groups attached to an aromatic ring is 1. The number of hydrogen-bond donors (Lipinski definition) is 2. The lowest BCUT2D eigenvalue weighted by Gasteiger charge is -2.20. The van der Waals surface area contributed by atoms with E-state index in [0.717, 1.165) is 25.6 Å². The molecular formula is C14H22FN3O2S. The molecule has 1 saturated heterocycles. The number of nitrogens with one attached hydrogen (secondary N) is 1. The smallest absolute Gasteiger partial charge is 0.245 e. The molecule has 3 N–H and O–H groups in total. The van der Waals surface area contributed by atoms with Gasteiger partial charge in [0.25, 0.3) is 0 Å². The number of nitrogens with zero attached hydrogens (tertiary/aromatic N) is 1. The Morgan fingerprint density at radius 2 is 2.19 bits per heavy atom. The van der Waals surface area contributed by atoms with E-state index in [1.807, 2.05) is 0 Å². The monoisotopic (exact) mass is 315 g/mol. The number of hydrogen-bond acceptors (Lipinski definition) is 4. The topological polar surface area (TPSA) is 75.4 Å². The van der Waals surface area contributed by atoms with Gasteiger partial charge in [0, 0.05) is 19.1 Å². The zero-order valence-corrected chi connectivity index (χ0v) is 13.2. The fourth-order valence-electron chi connectivity index (χ4n) is 2.61. The molecule has 1 atom stereocenters. The van der Waals surface area contributed by atoms with Gasteiger partial charge in [-0.15, -0.1) is 0 Å². The third-order valence-corrected chi connectivity index (χ3v) is 5.39. The molecule has 0 aliphatic carbocycles. The molecule has 0 radical (unpaired) electrons. The molecule has 2 rings (SSSR count). The van der Waals surface area contributed by atoms with Gasteiger partial charge < -0.3 is 10.6 Å². The van der Waals surface area contributed by atoms with Crippen molar-refractivity contribution in [2.75, 3.05) is 25.4 Å². The van der Waals surface area contributed by atoms with Crippen molar-refractivity contribution in [1.29, 1.82) is 0 Å². The number of rotatable bonds is 5. The number of benzene rings is 1. The fourth-order valence-corrected chi connectivity index (χ4v) is 3.91.